The number of hydrogen-bond donors (Lipinski definition) is 5. The van der Waals surface area contributed by atoms with Gasteiger partial charge in [0.25, 0.3) is 0 Å². The third-order valence-corrected chi connectivity index (χ3v) is 2.21. The van der Waals surface area contributed by atoms with Crippen molar-refractivity contribution in [3.05, 3.63) is 12.8 Å². The molecular weight excluding hydrogens is 190 g/mol. The zero-order valence-electron chi connectivity index (χ0n) is 7.58. The van der Waals surface area contributed by atoms with Crippen molar-refractivity contribution in [2.75, 3.05) is 6.61 Å². The van der Waals surface area contributed by atoms with E-state index in [1.165, 1.54) is 6.20 Å². The van der Waals surface area contributed by atoms with Gasteiger partial charge in [0.15, 0.2) is 6.29 Å². The fourth-order valence-corrected chi connectivity index (χ4v) is 1.41. The van der Waals surface area contributed by atoms with Crippen LogP contribution in [0.1, 0.15) is 0 Å². The van der Waals surface area contributed by atoms with Gasteiger partial charge in [-0.15, -0.1) is 0 Å². The fraction of sp³-hybridized carbons (Fsp3) is 0.750. The van der Waals surface area contributed by atoms with Crippen LogP contribution in [0.2, 0.25) is 0 Å². The van der Waals surface area contributed by atoms with Crippen molar-refractivity contribution in [2.24, 2.45) is 0 Å². The van der Waals surface area contributed by atoms with Gasteiger partial charge in [-0.3, -0.25) is 0 Å². The molecule has 1 heterocycles. The molecule has 1 saturated heterocycles. The lowest BCUT2D eigenvalue weighted by atomic mass is 9.97. The first-order valence-corrected chi connectivity index (χ1v) is 4.29. The summed E-state index contributed by atoms with van der Waals surface area (Å²) in [6, 6.07) is -0.842. The molecule has 6 nitrogen and oxygen atoms in total. The van der Waals surface area contributed by atoms with E-state index < -0.39 is 37.3 Å². The van der Waals surface area contributed by atoms with E-state index in [9.17, 15) is 15.3 Å². The Morgan fingerprint density at radius 1 is 1.29 bits per heavy atom. The van der Waals surface area contributed by atoms with Crippen molar-refractivity contribution in [1.29, 1.82) is 0 Å². The molecule has 1 aliphatic heterocycles. The molecule has 0 saturated carbocycles. The summed E-state index contributed by atoms with van der Waals surface area (Å²) in [5.41, 5.74) is 0. The molecule has 1 unspecified atom stereocenters. The van der Waals surface area contributed by atoms with Gasteiger partial charge in [0, 0.05) is 0 Å². The molecule has 0 bridgehead atoms. The predicted octanol–water partition coefficient (Wildman–Crippen LogP) is -2.48. The highest BCUT2D eigenvalue weighted by atomic mass is 16.6. The maximum absolute atomic E-state index is 9.53. The number of aliphatic hydroxyl groups is 4. The first-order chi connectivity index (χ1) is 6.61. The second-order valence-electron chi connectivity index (χ2n) is 3.13. The zero-order valence-corrected chi connectivity index (χ0v) is 7.58. The minimum atomic E-state index is -1.29. The lowest BCUT2D eigenvalue weighted by molar-refractivity contribution is -0.252. The summed E-state index contributed by atoms with van der Waals surface area (Å²) in [5.74, 6) is 0. The molecule has 5 atom stereocenters. The van der Waals surface area contributed by atoms with Crippen LogP contribution in [-0.2, 0) is 4.74 Å². The number of hydrogen-bond acceptors (Lipinski definition) is 6. The number of ether oxygens (including phenoxy) is 1. The number of rotatable bonds is 3. The fourth-order valence-electron chi connectivity index (χ4n) is 1.41. The molecule has 0 aromatic carbocycles. The highest BCUT2D eigenvalue weighted by Crippen LogP contribution is 2.19. The molecular formula is C8H15NO5. The van der Waals surface area contributed by atoms with Gasteiger partial charge < -0.3 is 30.5 Å². The van der Waals surface area contributed by atoms with Crippen molar-refractivity contribution in [1.82, 2.24) is 5.32 Å². The van der Waals surface area contributed by atoms with Gasteiger partial charge in [-0.2, -0.15) is 0 Å². The largest absolute Gasteiger partial charge is 0.394 e. The Kier molecular flexibility index (Phi) is 3.85. The molecule has 0 aromatic heterocycles. The maximum atomic E-state index is 9.53. The summed E-state index contributed by atoms with van der Waals surface area (Å²) in [5, 5.41) is 39.7. The molecule has 6 heteroatoms. The minimum absolute atomic E-state index is 0.462. The van der Waals surface area contributed by atoms with Gasteiger partial charge in [-0.05, 0) is 6.20 Å². The van der Waals surface area contributed by atoms with Gasteiger partial charge in [-0.25, -0.2) is 0 Å². The Bertz CT molecular complexity index is 200. The first-order valence-electron chi connectivity index (χ1n) is 4.29. The van der Waals surface area contributed by atoms with E-state index in [1.54, 1.807) is 0 Å². The Labute approximate surface area is 81.4 Å². The number of nitrogens with one attached hydrogen (secondary N) is 1. The van der Waals surface area contributed by atoms with E-state index in [4.69, 9.17) is 9.84 Å². The quantitative estimate of drug-likeness (QED) is 0.349. The standard InChI is InChI=1S/C8H15NO5/c1-2-9-5-7(12)6(11)4(3-10)14-8(5)13/h2,4-13H,1,3H2/t4-,5-,6-,7-,8?/m1/s1. The van der Waals surface area contributed by atoms with Crippen LogP contribution in [0.25, 0.3) is 0 Å². The van der Waals surface area contributed by atoms with Gasteiger partial charge in [0.05, 0.1) is 6.61 Å². The molecule has 0 aromatic rings. The molecule has 82 valence electrons. The van der Waals surface area contributed by atoms with Gasteiger partial charge in [-0.1, -0.05) is 6.58 Å². The Morgan fingerprint density at radius 2 is 1.93 bits per heavy atom. The molecule has 1 rings (SSSR count). The highest BCUT2D eigenvalue weighted by molar-refractivity contribution is 4.94. The molecule has 5 N–H and O–H groups in total. The van der Waals surface area contributed by atoms with Crippen LogP contribution < -0.4 is 5.32 Å². The van der Waals surface area contributed by atoms with Gasteiger partial charge in [0.1, 0.15) is 24.4 Å². The summed E-state index contributed by atoms with van der Waals surface area (Å²) in [6.45, 7) is 2.91. The molecule has 0 spiro atoms. The second-order valence-corrected chi connectivity index (χ2v) is 3.13. The van der Waals surface area contributed by atoms with E-state index >= 15 is 0 Å². The van der Waals surface area contributed by atoms with E-state index in [0.717, 1.165) is 0 Å². The Hall–Kier alpha value is -0.660. The van der Waals surface area contributed by atoms with Crippen LogP contribution in [0.3, 0.4) is 0 Å². The Morgan fingerprint density at radius 3 is 2.43 bits per heavy atom. The highest BCUT2D eigenvalue weighted by Gasteiger charge is 2.42. The summed E-state index contributed by atoms with van der Waals surface area (Å²) in [6.07, 6.45) is -3.42. The molecule has 1 aliphatic rings. The van der Waals surface area contributed by atoms with Crippen LogP contribution in [0, 0.1) is 0 Å². The molecule has 1 fully saturated rings. The lowest BCUT2D eigenvalue weighted by Crippen LogP contribution is -2.62. The van der Waals surface area contributed by atoms with Crippen LogP contribution in [-0.4, -0.2) is 57.7 Å². The van der Waals surface area contributed by atoms with E-state index in [1.807, 2.05) is 0 Å². The summed E-state index contributed by atoms with van der Waals surface area (Å²) < 4.78 is 4.87. The molecule has 0 amide bonds. The third-order valence-electron chi connectivity index (χ3n) is 2.21. The second kappa shape index (κ2) is 4.72. The number of aliphatic hydroxyl groups excluding tert-OH is 4. The normalized spacial score (nSPS) is 43.3. The van der Waals surface area contributed by atoms with Crippen LogP contribution in [0.15, 0.2) is 12.8 Å². The van der Waals surface area contributed by atoms with E-state index in [0.29, 0.717) is 0 Å². The molecule has 0 radical (unpaired) electrons. The average Bonchev–Trinajstić information content (AvgIpc) is 2.18. The third kappa shape index (κ3) is 2.05. The van der Waals surface area contributed by atoms with E-state index in [-0.39, 0.29) is 0 Å². The van der Waals surface area contributed by atoms with Crippen molar-refractivity contribution in [3.63, 3.8) is 0 Å². The van der Waals surface area contributed by atoms with E-state index in [2.05, 4.69) is 11.9 Å². The maximum Gasteiger partial charge on any atom is 0.178 e. The van der Waals surface area contributed by atoms with Crippen molar-refractivity contribution in [2.45, 2.75) is 30.6 Å². The SMILES string of the molecule is C=CN[C@H]1C(O)O[C@H](CO)[C@@H](O)[C@@H]1O. The van der Waals surface area contributed by atoms with Crippen LogP contribution >= 0.6 is 0 Å². The average molecular weight is 205 g/mol. The first kappa shape index (κ1) is 11.4. The lowest BCUT2D eigenvalue weighted by Gasteiger charge is -2.40. The van der Waals surface area contributed by atoms with Crippen LogP contribution in [0.4, 0.5) is 0 Å². The predicted molar refractivity (Wildman–Crippen MR) is 47.1 cm³/mol. The minimum Gasteiger partial charge on any atom is -0.394 e. The van der Waals surface area contributed by atoms with Crippen molar-refractivity contribution in [3.8, 4) is 0 Å². The summed E-state index contributed by atoms with van der Waals surface area (Å²) in [7, 11) is 0. The van der Waals surface area contributed by atoms with Crippen LogP contribution in [0.5, 0.6) is 0 Å². The zero-order chi connectivity index (χ0) is 10.7. The monoisotopic (exact) mass is 205 g/mol. The van der Waals surface area contributed by atoms with Gasteiger partial charge >= 0.3 is 0 Å². The molecule has 0 aliphatic carbocycles. The summed E-state index contributed by atoms with van der Waals surface area (Å²) in [4.78, 5) is 0. The van der Waals surface area contributed by atoms with Crippen molar-refractivity contribution < 1.29 is 25.2 Å². The topological polar surface area (TPSA) is 102 Å². The Balaban J connectivity index is 2.68. The van der Waals surface area contributed by atoms with Gasteiger partial charge in [0.2, 0.25) is 0 Å². The smallest absolute Gasteiger partial charge is 0.178 e. The van der Waals surface area contributed by atoms with Crippen molar-refractivity contribution >= 4 is 0 Å². The molecule has 14 heavy (non-hydrogen) atoms. The summed E-state index contributed by atoms with van der Waals surface area (Å²) >= 11 is 0.